The highest BCUT2D eigenvalue weighted by Crippen LogP contribution is 2.64. The Balaban J connectivity index is 2.01. The van der Waals surface area contributed by atoms with Gasteiger partial charge in [-0.25, -0.2) is 0 Å². The zero-order chi connectivity index (χ0) is 9.05. The molecule has 0 spiro atoms. The molecule has 13 heavy (non-hydrogen) atoms. The van der Waals surface area contributed by atoms with Crippen molar-refractivity contribution in [2.75, 3.05) is 0 Å². The molecule has 2 aliphatic carbocycles. The highest BCUT2D eigenvalue weighted by atomic mass is 16.5. The Kier molecular flexibility index (Phi) is 1.09. The number of primary amides is 1. The summed E-state index contributed by atoms with van der Waals surface area (Å²) in [6.07, 6.45) is 7.78. The predicted molar refractivity (Wildman–Crippen MR) is 46.4 cm³/mol. The predicted octanol–water partition coefficient (Wildman–Crippen LogP) is 0.721. The van der Waals surface area contributed by atoms with E-state index in [1.165, 1.54) is 0 Å². The molecule has 3 atom stereocenters. The molecule has 0 aromatic carbocycles. The Hall–Kier alpha value is -1.25. The third-order valence-corrected chi connectivity index (χ3v) is 3.41. The molecule has 3 heteroatoms. The molecule has 3 unspecified atom stereocenters. The lowest BCUT2D eigenvalue weighted by atomic mass is 9.83. The summed E-state index contributed by atoms with van der Waals surface area (Å²) in [7, 11) is 0. The van der Waals surface area contributed by atoms with Gasteiger partial charge in [0.2, 0.25) is 5.91 Å². The third kappa shape index (κ3) is 0.682. The number of fused-ring (bicyclic) bond motifs is 3. The Bertz CT molecular complexity index is 345. The molecule has 2 N–H and O–H groups in total. The molecule has 0 bridgehead atoms. The highest BCUT2D eigenvalue weighted by molar-refractivity contribution is 5.86. The highest BCUT2D eigenvalue weighted by Gasteiger charge is 2.71. The van der Waals surface area contributed by atoms with E-state index in [-0.39, 0.29) is 23.3 Å². The number of amides is 1. The normalized spacial score (nSPS) is 44.5. The molecule has 1 amide bonds. The summed E-state index contributed by atoms with van der Waals surface area (Å²) in [6.45, 7) is 0. The topological polar surface area (TPSA) is 52.3 Å². The molecule has 0 radical (unpaired) electrons. The van der Waals surface area contributed by atoms with Gasteiger partial charge in [-0.3, -0.25) is 4.79 Å². The van der Waals surface area contributed by atoms with E-state index < -0.39 is 0 Å². The van der Waals surface area contributed by atoms with E-state index in [4.69, 9.17) is 10.5 Å². The number of rotatable bonds is 1. The first kappa shape index (κ1) is 7.18. The Labute approximate surface area is 76.2 Å². The molecule has 3 nitrogen and oxygen atoms in total. The van der Waals surface area contributed by atoms with Crippen LogP contribution >= 0.6 is 0 Å². The van der Waals surface area contributed by atoms with Crippen LogP contribution in [0.25, 0.3) is 0 Å². The van der Waals surface area contributed by atoms with Crippen molar-refractivity contribution in [3.63, 3.8) is 0 Å². The maximum Gasteiger partial charge on any atom is 0.228 e. The van der Waals surface area contributed by atoms with Crippen LogP contribution in [0.3, 0.4) is 0 Å². The lowest BCUT2D eigenvalue weighted by molar-refractivity contribution is -0.124. The van der Waals surface area contributed by atoms with Crippen molar-refractivity contribution in [3.05, 3.63) is 24.0 Å². The van der Waals surface area contributed by atoms with Crippen LogP contribution in [0.2, 0.25) is 0 Å². The molecule has 1 heterocycles. The van der Waals surface area contributed by atoms with Gasteiger partial charge in [-0.05, 0) is 12.5 Å². The lowest BCUT2D eigenvalue weighted by Gasteiger charge is -2.19. The van der Waals surface area contributed by atoms with Crippen LogP contribution in [0.5, 0.6) is 0 Å². The van der Waals surface area contributed by atoms with Crippen LogP contribution in [0.15, 0.2) is 24.0 Å². The summed E-state index contributed by atoms with van der Waals surface area (Å²) >= 11 is 0. The van der Waals surface area contributed by atoms with Crippen LogP contribution in [0, 0.1) is 11.3 Å². The first-order chi connectivity index (χ1) is 6.25. The van der Waals surface area contributed by atoms with Crippen LogP contribution < -0.4 is 5.73 Å². The lowest BCUT2D eigenvalue weighted by Crippen LogP contribution is -2.32. The van der Waals surface area contributed by atoms with E-state index in [2.05, 4.69) is 6.08 Å². The second-order valence-electron chi connectivity index (χ2n) is 4.00. The first-order valence-electron chi connectivity index (χ1n) is 4.58. The fraction of sp³-hybridized carbons (Fsp3) is 0.500. The van der Waals surface area contributed by atoms with E-state index in [1.807, 2.05) is 12.2 Å². The van der Waals surface area contributed by atoms with Gasteiger partial charge in [0.15, 0.2) is 0 Å². The minimum absolute atomic E-state index is 0.0705. The second kappa shape index (κ2) is 1.97. The summed E-state index contributed by atoms with van der Waals surface area (Å²) in [5.74, 6) is 0.985. The van der Waals surface area contributed by atoms with E-state index >= 15 is 0 Å². The summed E-state index contributed by atoms with van der Waals surface area (Å²) in [5, 5.41) is 0. The monoisotopic (exact) mass is 177 g/mol. The molecular formula is C10H11NO2. The van der Waals surface area contributed by atoms with Gasteiger partial charge in [-0.2, -0.15) is 0 Å². The number of carbonyl (C=O) groups excluding carboxylic acids is 1. The third-order valence-electron chi connectivity index (χ3n) is 3.41. The minimum atomic E-state index is -0.351. The van der Waals surface area contributed by atoms with Crippen molar-refractivity contribution in [2.24, 2.45) is 17.1 Å². The Morgan fingerprint density at radius 2 is 2.54 bits per heavy atom. The molecule has 1 saturated heterocycles. The minimum Gasteiger partial charge on any atom is -0.493 e. The van der Waals surface area contributed by atoms with E-state index in [0.717, 1.165) is 18.6 Å². The summed E-state index contributed by atoms with van der Waals surface area (Å²) in [4.78, 5) is 11.3. The Morgan fingerprint density at radius 1 is 1.69 bits per heavy atom. The molecule has 1 saturated carbocycles. The van der Waals surface area contributed by atoms with Gasteiger partial charge < -0.3 is 10.5 Å². The number of ether oxygens (including phenoxy) is 1. The number of hydrogen-bond donors (Lipinski definition) is 1. The van der Waals surface area contributed by atoms with Gasteiger partial charge in [0, 0.05) is 12.3 Å². The smallest absolute Gasteiger partial charge is 0.228 e. The van der Waals surface area contributed by atoms with Gasteiger partial charge in [-0.15, -0.1) is 0 Å². The van der Waals surface area contributed by atoms with Gasteiger partial charge in [0.05, 0.1) is 5.41 Å². The van der Waals surface area contributed by atoms with Crippen LogP contribution in [0.1, 0.15) is 12.8 Å². The largest absolute Gasteiger partial charge is 0.493 e. The fourth-order valence-corrected chi connectivity index (χ4v) is 2.55. The molecule has 3 aliphatic rings. The van der Waals surface area contributed by atoms with Gasteiger partial charge >= 0.3 is 0 Å². The standard InChI is InChI=1S/C10H11NO2/c11-9(12)10-5-8(10)13-7-4-2-1-3-6(7)10/h1-2,4,6,8H,3,5H2,(H2,11,12). The molecule has 2 fully saturated rings. The fourth-order valence-electron chi connectivity index (χ4n) is 2.55. The molecule has 68 valence electrons. The second-order valence-corrected chi connectivity index (χ2v) is 4.00. The molecule has 0 aromatic heterocycles. The maximum absolute atomic E-state index is 11.3. The summed E-state index contributed by atoms with van der Waals surface area (Å²) in [6, 6.07) is 0. The van der Waals surface area contributed by atoms with Crippen molar-refractivity contribution < 1.29 is 9.53 Å². The average molecular weight is 177 g/mol. The maximum atomic E-state index is 11.3. The van der Waals surface area contributed by atoms with Crippen LogP contribution in [-0.2, 0) is 9.53 Å². The zero-order valence-corrected chi connectivity index (χ0v) is 7.19. The van der Waals surface area contributed by atoms with Gasteiger partial charge in [-0.1, -0.05) is 12.2 Å². The molecule has 3 rings (SSSR count). The van der Waals surface area contributed by atoms with E-state index in [9.17, 15) is 4.79 Å². The Morgan fingerprint density at radius 3 is 3.31 bits per heavy atom. The van der Waals surface area contributed by atoms with Crippen LogP contribution in [-0.4, -0.2) is 12.0 Å². The van der Waals surface area contributed by atoms with Crippen molar-refractivity contribution in [1.82, 2.24) is 0 Å². The van der Waals surface area contributed by atoms with E-state index in [0.29, 0.717) is 0 Å². The van der Waals surface area contributed by atoms with Gasteiger partial charge in [0.1, 0.15) is 11.9 Å². The van der Waals surface area contributed by atoms with Crippen molar-refractivity contribution >= 4 is 5.91 Å². The number of carbonyl (C=O) groups is 1. The number of nitrogens with two attached hydrogens (primary N) is 1. The SMILES string of the molecule is NC(=O)C12CC1OC1=CC=CCC12. The van der Waals surface area contributed by atoms with Crippen molar-refractivity contribution in [2.45, 2.75) is 18.9 Å². The van der Waals surface area contributed by atoms with Crippen LogP contribution in [0.4, 0.5) is 0 Å². The molecule has 0 aromatic rings. The van der Waals surface area contributed by atoms with Crippen molar-refractivity contribution in [3.8, 4) is 0 Å². The first-order valence-corrected chi connectivity index (χ1v) is 4.58. The summed E-state index contributed by atoms with van der Waals surface area (Å²) < 4.78 is 5.61. The summed E-state index contributed by atoms with van der Waals surface area (Å²) in [5.41, 5.74) is 5.06. The zero-order valence-electron chi connectivity index (χ0n) is 7.19. The van der Waals surface area contributed by atoms with Gasteiger partial charge in [0.25, 0.3) is 0 Å². The molecule has 1 aliphatic heterocycles. The molecular weight excluding hydrogens is 166 g/mol. The quantitative estimate of drug-likeness (QED) is 0.641. The van der Waals surface area contributed by atoms with Crippen molar-refractivity contribution in [1.29, 1.82) is 0 Å². The van der Waals surface area contributed by atoms with E-state index in [1.54, 1.807) is 0 Å². The number of allylic oxidation sites excluding steroid dienone is 4. The average Bonchev–Trinajstić information content (AvgIpc) is 2.75. The number of hydrogen-bond acceptors (Lipinski definition) is 2.